The van der Waals surface area contributed by atoms with Crippen molar-refractivity contribution in [2.75, 3.05) is 6.54 Å². The third kappa shape index (κ3) is 3.10. The van der Waals surface area contributed by atoms with Crippen LogP contribution in [0.3, 0.4) is 0 Å². The Labute approximate surface area is 155 Å². The van der Waals surface area contributed by atoms with Crippen molar-refractivity contribution < 1.29 is 9.32 Å². The largest absolute Gasteiger partial charge is 0.337 e. The molecule has 0 bridgehead atoms. The fourth-order valence-corrected chi connectivity index (χ4v) is 3.37. The molecule has 8 heteroatoms. The summed E-state index contributed by atoms with van der Waals surface area (Å²) in [6.45, 7) is 3.36. The van der Waals surface area contributed by atoms with Gasteiger partial charge in [0.1, 0.15) is 11.7 Å². The lowest BCUT2D eigenvalue weighted by molar-refractivity contribution is 0.0703. The monoisotopic (exact) mass is 371 g/mol. The van der Waals surface area contributed by atoms with Gasteiger partial charge in [-0.2, -0.15) is 10.1 Å². The number of likely N-dealkylation sites (tertiary alicyclic amines) is 1. The molecule has 0 radical (unpaired) electrons. The van der Waals surface area contributed by atoms with Crippen LogP contribution in [0, 0.1) is 0 Å². The van der Waals surface area contributed by atoms with Gasteiger partial charge in [0.2, 0.25) is 11.7 Å². The zero-order chi connectivity index (χ0) is 18.1. The fourth-order valence-electron chi connectivity index (χ4n) is 3.18. The molecule has 0 aliphatic carbocycles. The first-order chi connectivity index (χ1) is 12.7. The van der Waals surface area contributed by atoms with Crippen molar-refractivity contribution in [2.45, 2.75) is 32.4 Å². The van der Waals surface area contributed by atoms with Gasteiger partial charge in [-0.3, -0.25) is 9.48 Å². The Morgan fingerprint density at radius 3 is 3.04 bits per heavy atom. The summed E-state index contributed by atoms with van der Waals surface area (Å²) < 4.78 is 7.20. The molecule has 0 spiro atoms. The second-order valence-electron chi connectivity index (χ2n) is 6.18. The van der Waals surface area contributed by atoms with Gasteiger partial charge in [-0.1, -0.05) is 28.9 Å². The molecule has 0 N–H and O–H groups in total. The number of rotatable bonds is 4. The van der Waals surface area contributed by atoms with E-state index in [1.54, 1.807) is 27.8 Å². The summed E-state index contributed by atoms with van der Waals surface area (Å²) in [6, 6.07) is 8.80. The van der Waals surface area contributed by atoms with E-state index >= 15 is 0 Å². The third-order valence-corrected chi connectivity index (χ3v) is 4.74. The van der Waals surface area contributed by atoms with E-state index in [2.05, 4.69) is 15.2 Å². The molecule has 3 aromatic rings. The molecule has 1 fully saturated rings. The first-order valence-corrected chi connectivity index (χ1v) is 8.97. The van der Waals surface area contributed by atoms with E-state index in [9.17, 15) is 4.79 Å². The van der Waals surface area contributed by atoms with Crippen molar-refractivity contribution in [2.24, 2.45) is 0 Å². The highest BCUT2D eigenvalue weighted by molar-refractivity contribution is 6.30. The Hall–Kier alpha value is -2.67. The van der Waals surface area contributed by atoms with E-state index in [0.29, 0.717) is 29.0 Å². The van der Waals surface area contributed by atoms with Crippen molar-refractivity contribution in [1.29, 1.82) is 0 Å². The van der Waals surface area contributed by atoms with Crippen molar-refractivity contribution in [3.63, 3.8) is 0 Å². The predicted octanol–water partition coefficient (Wildman–Crippen LogP) is 3.58. The first kappa shape index (κ1) is 16.8. The van der Waals surface area contributed by atoms with E-state index < -0.39 is 0 Å². The molecular formula is C18H18ClN5O2. The highest BCUT2D eigenvalue weighted by Gasteiger charge is 2.35. The van der Waals surface area contributed by atoms with Crippen molar-refractivity contribution >= 4 is 17.5 Å². The van der Waals surface area contributed by atoms with Gasteiger partial charge < -0.3 is 9.42 Å². The molecule has 0 saturated carbocycles. The number of nitrogens with zero attached hydrogens (tertiary/aromatic N) is 5. The minimum Gasteiger partial charge on any atom is -0.337 e. The van der Waals surface area contributed by atoms with Gasteiger partial charge in [0.25, 0.3) is 5.91 Å². The van der Waals surface area contributed by atoms with E-state index in [0.717, 1.165) is 24.9 Å². The first-order valence-electron chi connectivity index (χ1n) is 8.59. The van der Waals surface area contributed by atoms with Gasteiger partial charge in [0.15, 0.2) is 0 Å². The van der Waals surface area contributed by atoms with Crippen molar-refractivity contribution in [1.82, 2.24) is 24.8 Å². The molecule has 1 saturated heterocycles. The average molecular weight is 372 g/mol. The van der Waals surface area contributed by atoms with Crippen molar-refractivity contribution in [3.05, 3.63) is 53.1 Å². The molecular weight excluding hydrogens is 354 g/mol. The fraction of sp³-hybridized carbons (Fsp3) is 0.333. The molecule has 134 valence electrons. The lowest BCUT2D eigenvalue weighted by Gasteiger charge is -2.20. The van der Waals surface area contributed by atoms with E-state index in [-0.39, 0.29) is 11.9 Å². The molecule has 1 amide bonds. The predicted molar refractivity (Wildman–Crippen MR) is 95.7 cm³/mol. The Kier molecular flexibility index (Phi) is 4.46. The topological polar surface area (TPSA) is 77.0 Å². The maximum Gasteiger partial charge on any atom is 0.275 e. The minimum absolute atomic E-state index is 0.109. The SMILES string of the molecule is CCn1ccc(C(=O)N2CCC[C@@H]2c2nc(-c3cccc(Cl)c3)no2)n1. The highest BCUT2D eigenvalue weighted by Crippen LogP contribution is 2.33. The number of carbonyl (C=O) groups excluding carboxylic acids is 1. The Morgan fingerprint density at radius 1 is 1.38 bits per heavy atom. The summed E-state index contributed by atoms with van der Waals surface area (Å²) in [5.41, 5.74) is 1.22. The number of amides is 1. The lowest BCUT2D eigenvalue weighted by Crippen LogP contribution is -2.31. The van der Waals surface area contributed by atoms with Crippen LogP contribution in [0.4, 0.5) is 0 Å². The summed E-state index contributed by atoms with van der Waals surface area (Å²) in [7, 11) is 0. The molecule has 4 rings (SSSR count). The normalized spacial score (nSPS) is 17.0. The number of aromatic nitrogens is 4. The zero-order valence-corrected chi connectivity index (χ0v) is 15.1. The Morgan fingerprint density at radius 2 is 2.27 bits per heavy atom. The van der Waals surface area contributed by atoms with Gasteiger partial charge in [0.05, 0.1) is 0 Å². The molecule has 2 aromatic heterocycles. The van der Waals surface area contributed by atoms with Gasteiger partial charge in [-0.05, 0) is 38.0 Å². The lowest BCUT2D eigenvalue weighted by atomic mass is 10.2. The molecule has 1 atom stereocenters. The molecule has 7 nitrogen and oxygen atoms in total. The molecule has 0 unspecified atom stereocenters. The maximum atomic E-state index is 12.8. The highest BCUT2D eigenvalue weighted by atomic mass is 35.5. The molecule has 1 aliphatic heterocycles. The van der Waals surface area contributed by atoms with Crippen LogP contribution in [-0.4, -0.2) is 37.3 Å². The van der Waals surface area contributed by atoms with Crippen LogP contribution < -0.4 is 0 Å². The summed E-state index contributed by atoms with van der Waals surface area (Å²) >= 11 is 6.03. The van der Waals surface area contributed by atoms with Crippen molar-refractivity contribution in [3.8, 4) is 11.4 Å². The Balaban J connectivity index is 1.58. The molecule has 26 heavy (non-hydrogen) atoms. The summed E-state index contributed by atoms with van der Waals surface area (Å²) in [5, 5.41) is 8.97. The van der Waals surface area contributed by atoms with E-state index in [1.807, 2.05) is 25.3 Å². The van der Waals surface area contributed by atoms with Crippen LogP contribution in [0.1, 0.15) is 42.2 Å². The molecule has 1 aromatic carbocycles. The smallest absolute Gasteiger partial charge is 0.275 e. The number of hydrogen-bond acceptors (Lipinski definition) is 5. The van der Waals surface area contributed by atoms with Gasteiger partial charge >= 0.3 is 0 Å². The standard InChI is InChI=1S/C18H18ClN5O2/c1-2-23-10-8-14(21-23)18(25)24-9-4-7-15(24)17-20-16(22-26-17)12-5-3-6-13(19)11-12/h3,5-6,8,10-11,15H,2,4,7,9H2,1H3/t15-/m1/s1. The number of halogens is 1. The summed E-state index contributed by atoms with van der Waals surface area (Å²) in [5.74, 6) is 0.806. The van der Waals surface area contributed by atoms with E-state index in [1.165, 1.54) is 0 Å². The maximum absolute atomic E-state index is 12.8. The second kappa shape index (κ2) is 6.92. The zero-order valence-electron chi connectivity index (χ0n) is 14.3. The Bertz CT molecular complexity index is 935. The van der Waals surface area contributed by atoms with Crippen LogP contribution in [0.5, 0.6) is 0 Å². The number of benzene rings is 1. The second-order valence-corrected chi connectivity index (χ2v) is 6.62. The van der Waals surface area contributed by atoms with Crippen LogP contribution in [-0.2, 0) is 6.54 Å². The quantitative estimate of drug-likeness (QED) is 0.700. The number of aryl methyl sites for hydroxylation is 1. The number of carbonyl (C=O) groups is 1. The average Bonchev–Trinajstić information content (AvgIpc) is 3.40. The van der Waals surface area contributed by atoms with Crippen LogP contribution in [0.2, 0.25) is 5.02 Å². The van der Waals surface area contributed by atoms with Gasteiger partial charge in [-0.25, -0.2) is 0 Å². The minimum atomic E-state index is -0.227. The summed E-state index contributed by atoms with van der Waals surface area (Å²) in [4.78, 5) is 19.1. The number of hydrogen-bond donors (Lipinski definition) is 0. The van der Waals surface area contributed by atoms with Gasteiger partial charge in [-0.15, -0.1) is 0 Å². The molecule has 1 aliphatic rings. The van der Waals surface area contributed by atoms with E-state index in [4.69, 9.17) is 16.1 Å². The van der Waals surface area contributed by atoms with Crippen LogP contribution in [0.15, 0.2) is 41.1 Å². The summed E-state index contributed by atoms with van der Waals surface area (Å²) in [6.07, 6.45) is 3.49. The van der Waals surface area contributed by atoms with Crippen LogP contribution in [0.25, 0.3) is 11.4 Å². The van der Waals surface area contributed by atoms with Crippen LogP contribution >= 0.6 is 11.6 Å². The third-order valence-electron chi connectivity index (χ3n) is 4.51. The molecule has 3 heterocycles. The van der Waals surface area contributed by atoms with Gasteiger partial charge in [0, 0.05) is 29.9 Å².